The lowest BCUT2D eigenvalue weighted by Crippen LogP contribution is -2.10. The molecule has 0 spiro atoms. The molecule has 8 heteroatoms. The van der Waals surface area contributed by atoms with Crippen LogP contribution in [0.5, 0.6) is 0 Å². The van der Waals surface area contributed by atoms with Crippen LogP contribution in [0, 0.1) is 6.92 Å². The number of aryl methyl sites for hydroxylation is 1. The molecule has 2 heterocycles. The summed E-state index contributed by atoms with van der Waals surface area (Å²) >= 11 is 0. The Morgan fingerprint density at radius 3 is 2.56 bits per heavy atom. The number of nitrogens with zero attached hydrogens (tertiary/aromatic N) is 2. The number of nitrogens with one attached hydrogen (secondary N) is 2. The van der Waals surface area contributed by atoms with E-state index in [9.17, 15) is 8.42 Å². The zero-order valence-electron chi connectivity index (χ0n) is 9.84. The van der Waals surface area contributed by atoms with Gasteiger partial charge in [0.2, 0.25) is 10.0 Å². The number of aromatic nitrogens is 2. The van der Waals surface area contributed by atoms with Gasteiger partial charge in [-0.1, -0.05) is 5.16 Å². The van der Waals surface area contributed by atoms with Gasteiger partial charge in [0.25, 0.3) is 0 Å². The van der Waals surface area contributed by atoms with Crippen molar-refractivity contribution in [2.24, 2.45) is 0 Å². The molecular formula is C10H12N4O3S. The normalized spacial score (nSPS) is 11.2. The molecule has 0 saturated heterocycles. The van der Waals surface area contributed by atoms with Gasteiger partial charge >= 0.3 is 0 Å². The number of hydrogen-bond donors (Lipinski definition) is 2. The molecule has 0 aliphatic carbocycles. The maximum Gasteiger partial charge on any atom is 0.230 e. The highest BCUT2D eigenvalue weighted by Gasteiger charge is 2.04. The minimum Gasteiger partial charge on any atom is -0.360 e. The highest BCUT2D eigenvalue weighted by molar-refractivity contribution is 7.92. The fourth-order valence-corrected chi connectivity index (χ4v) is 1.79. The van der Waals surface area contributed by atoms with E-state index in [-0.39, 0.29) is 5.82 Å². The molecule has 0 atom stereocenters. The van der Waals surface area contributed by atoms with E-state index in [0.717, 1.165) is 6.26 Å². The van der Waals surface area contributed by atoms with Gasteiger partial charge in [0.05, 0.1) is 18.1 Å². The van der Waals surface area contributed by atoms with Crippen molar-refractivity contribution in [2.45, 2.75) is 6.92 Å². The van der Waals surface area contributed by atoms with Crippen molar-refractivity contribution >= 4 is 27.3 Å². The summed E-state index contributed by atoms with van der Waals surface area (Å²) in [5.74, 6) is 1.53. The minimum atomic E-state index is -3.31. The Balaban J connectivity index is 2.08. The summed E-state index contributed by atoms with van der Waals surface area (Å²) in [6.07, 6.45) is 2.57. The summed E-state index contributed by atoms with van der Waals surface area (Å²) in [5.41, 5.74) is 0.683. The van der Waals surface area contributed by atoms with Crippen LogP contribution >= 0.6 is 0 Å². The first kappa shape index (κ1) is 12.4. The molecule has 0 amide bonds. The maximum atomic E-state index is 11.0. The smallest absolute Gasteiger partial charge is 0.230 e. The second-order valence-electron chi connectivity index (χ2n) is 3.75. The predicted octanol–water partition coefficient (Wildman–Crippen LogP) is 1.49. The van der Waals surface area contributed by atoms with Gasteiger partial charge in [-0.15, -0.1) is 0 Å². The van der Waals surface area contributed by atoms with Crippen molar-refractivity contribution < 1.29 is 12.9 Å². The molecule has 7 nitrogen and oxygen atoms in total. The first-order chi connectivity index (χ1) is 8.42. The van der Waals surface area contributed by atoms with Crippen molar-refractivity contribution in [3.05, 3.63) is 30.2 Å². The van der Waals surface area contributed by atoms with Crippen molar-refractivity contribution in [3.63, 3.8) is 0 Å². The van der Waals surface area contributed by atoms with E-state index >= 15 is 0 Å². The maximum absolute atomic E-state index is 11.0. The van der Waals surface area contributed by atoms with Crippen LogP contribution in [-0.2, 0) is 10.0 Å². The van der Waals surface area contributed by atoms with E-state index in [1.807, 2.05) is 0 Å². The Hall–Kier alpha value is -2.09. The first-order valence-electron chi connectivity index (χ1n) is 5.06. The van der Waals surface area contributed by atoms with Gasteiger partial charge in [0, 0.05) is 6.07 Å². The standard InChI is InChI=1S/C10H12N4O3S/c1-7-5-10(13-17-7)12-8-3-4-9(11-6-8)14-18(2,15)16/h3-6H,1-2H3,(H,11,14)(H,12,13). The lowest BCUT2D eigenvalue weighted by molar-refractivity contribution is 0.400. The summed E-state index contributed by atoms with van der Waals surface area (Å²) in [6, 6.07) is 4.98. The number of rotatable bonds is 4. The third-order valence-electron chi connectivity index (χ3n) is 1.95. The molecule has 0 aromatic carbocycles. The lowest BCUT2D eigenvalue weighted by atomic mass is 10.4. The molecule has 0 unspecified atom stereocenters. The third-order valence-corrected chi connectivity index (χ3v) is 2.53. The predicted molar refractivity (Wildman–Crippen MR) is 67.2 cm³/mol. The lowest BCUT2D eigenvalue weighted by Gasteiger charge is -2.04. The highest BCUT2D eigenvalue weighted by Crippen LogP contribution is 2.16. The summed E-state index contributed by atoms with van der Waals surface area (Å²) in [4.78, 5) is 3.96. The summed E-state index contributed by atoms with van der Waals surface area (Å²) in [5, 5.41) is 6.74. The Bertz CT molecular complexity index is 633. The topological polar surface area (TPSA) is 97.1 Å². The van der Waals surface area contributed by atoms with Gasteiger partial charge in [-0.05, 0) is 19.1 Å². The summed E-state index contributed by atoms with van der Waals surface area (Å²) in [6.45, 7) is 1.79. The van der Waals surface area contributed by atoms with Crippen LogP contribution in [0.15, 0.2) is 28.9 Å². The number of anilines is 3. The van der Waals surface area contributed by atoms with E-state index in [2.05, 4.69) is 20.2 Å². The molecule has 96 valence electrons. The van der Waals surface area contributed by atoms with Crippen LogP contribution in [0.2, 0.25) is 0 Å². The molecule has 0 radical (unpaired) electrons. The van der Waals surface area contributed by atoms with Crippen LogP contribution in [0.1, 0.15) is 5.76 Å². The Labute approximate surface area is 104 Å². The minimum absolute atomic E-state index is 0.263. The summed E-state index contributed by atoms with van der Waals surface area (Å²) < 4.78 is 29.2. The molecule has 0 aliphatic rings. The van der Waals surface area contributed by atoms with Crippen molar-refractivity contribution in [3.8, 4) is 0 Å². The van der Waals surface area contributed by atoms with E-state index in [1.54, 1.807) is 25.1 Å². The van der Waals surface area contributed by atoms with Gasteiger partial charge in [-0.25, -0.2) is 13.4 Å². The van der Waals surface area contributed by atoms with E-state index < -0.39 is 10.0 Å². The van der Waals surface area contributed by atoms with Crippen molar-refractivity contribution in [1.29, 1.82) is 0 Å². The monoisotopic (exact) mass is 268 g/mol. The van der Waals surface area contributed by atoms with E-state index in [4.69, 9.17) is 4.52 Å². The zero-order valence-corrected chi connectivity index (χ0v) is 10.7. The van der Waals surface area contributed by atoms with Crippen LogP contribution in [0.25, 0.3) is 0 Å². The van der Waals surface area contributed by atoms with Gasteiger partial charge in [-0.2, -0.15) is 0 Å². The molecule has 18 heavy (non-hydrogen) atoms. The fourth-order valence-electron chi connectivity index (χ4n) is 1.29. The molecule has 0 aliphatic heterocycles. The SMILES string of the molecule is Cc1cc(Nc2ccc(NS(C)(=O)=O)nc2)no1. The largest absolute Gasteiger partial charge is 0.360 e. The number of pyridine rings is 1. The van der Waals surface area contributed by atoms with Gasteiger partial charge in [-0.3, -0.25) is 4.72 Å². The second-order valence-corrected chi connectivity index (χ2v) is 5.50. The van der Waals surface area contributed by atoms with Gasteiger partial charge < -0.3 is 9.84 Å². The average molecular weight is 268 g/mol. The van der Waals surface area contributed by atoms with Crippen LogP contribution in [-0.4, -0.2) is 24.8 Å². The Morgan fingerprint density at radius 1 is 1.28 bits per heavy atom. The van der Waals surface area contributed by atoms with Crippen LogP contribution in [0.3, 0.4) is 0 Å². The first-order valence-corrected chi connectivity index (χ1v) is 6.96. The second kappa shape index (κ2) is 4.65. The molecule has 2 rings (SSSR count). The zero-order chi connectivity index (χ0) is 13.2. The molecule has 0 fully saturated rings. The molecule has 2 aromatic heterocycles. The third kappa shape index (κ3) is 3.45. The van der Waals surface area contributed by atoms with E-state index in [1.165, 1.54) is 6.20 Å². The average Bonchev–Trinajstić information content (AvgIpc) is 2.65. The molecule has 0 bridgehead atoms. The van der Waals surface area contributed by atoms with E-state index in [0.29, 0.717) is 17.3 Å². The van der Waals surface area contributed by atoms with Gasteiger partial charge in [0.1, 0.15) is 11.6 Å². The molecular weight excluding hydrogens is 256 g/mol. The van der Waals surface area contributed by atoms with Crippen molar-refractivity contribution in [1.82, 2.24) is 10.1 Å². The molecule has 0 saturated carbocycles. The number of hydrogen-bond acceptors (Lipinski definition) is 6. The quantitative estimate of drug-likeness (QED) is 0.872. The van der Waals surface area contributed by atoms with Crippen LogP contribution in [0.4, 0.5) is 17.3 Å². The van der Waals surface area contributed by atoms with Gasteiger partial charge in [0.15, 0.2) is 5.82 Å². The molecule has 2 N–H and O–H groups in total. The Kier molecular flexibility index (Phi) is 3.19. The highest BCUT2D eigenvalue weighted by atomic mass is 32.2. The number of sulfonamides is 1. The summed E-state index contributed by atoms with van der Waals surface area (Å²) in [7, 11) is -3.31. The molecule has 2 aromatic rings. The van der Waals surface area contributed by atoms with Crippen molar-refractivity contribution in [2.75, 3.05) is 16.3 Å². The Morgan fingerprint density at radius 2 is 2.06 bits per heavy atom. The van der Waals surface area contributed by atoms with Crippen LogP contribution < -0.4 is 10.0 Å². The fraction of sp³-hybridized carbons (Fsp3) is 0.200.